The predicted octanol–water partition coefficient (Wildman–Crippen LogP) is 7.51. The van der Waals surface area contributed by atoms with Gasteiger partial charge in [-0.1, -0.05) is 29.8 Å². The highest BCUT2D eigenvalue weighted by molar-refractivity contribution is 7.86. The van der Waals surface area contributed by atoms with E-state index in [1.54, 1.807) is 31.2 Å². The second-order valence-corrected chi connectivity index (χ2v) is 10.2. The minimum absolute atomic E-state index is 0.156. The first kappa shape index (κ1) is 26.6. The number of aromatic hydroxyl groups is 1. The molecule has 0 aliphatic heterocycles. The van der Waals surface area contributed by atoms with Crippen molar-refractivity contribution in [3.8, 4) is 5.75 Å². The van der Waals surface area contributed by atoms with Crippen molar-refractivity contribution in [3.63, 3.8) is 0 Å². The van der Waals surface area contributed by atoms with Crippen molar-refractivity contribution >= 4 is 55.2 Å². The number of carbonyl (C=O) groups excluding carboxylic acids is 1. The van der Waals surface area contributed by atoms with Gasteiger partial charge in [-0.2, -0.15) is 23.8 Å². The summed E-state index contributed by atoms with van der Waals surface area (Å²) in [5.41, 5.74) is 4.04. The quantitative estimate of drug-likeness (QED) is 0.174. The highest BCUT2D eigenvalue weighted by Gasteiger charge is 2.23. The molecule has 0 aromatic heterocycles. The van der Waals surface area contributed by atoms with Gasteiger partial charge < -0.3 is 10.4 Å². The lowest BCUT2D eigenvalue weighted by Gasteiger charge is -2.13. The number of fused-ring (bicyclic) bond motifs is 1. The van der Waals surface area contributed by atoms with Crippen molar-refractivity contribution in [1.82, 2.24) is 0 Å². The van der Waals surface area contributed by atoms with Gasteiger partial charge in [-0.15, -0.1) is 5.11 Å². The third-order valence-electron chi connectivity index (χ3n) is 5.75. The van der Waals surface area contributed by atoms with E-state index < -0.39 is 26.5 Å². The molecule has 0 saturated carbocycles. The van der Waals surface area contributed by atoms with Gasteiger partial charge in [0.1, 0.15) is 10.6 Å². The first-order valence-corrected chi connectivity index (χ1v) is 12.9. The van der Waals surface area contributed by atoms with Crippen molar-refractivity contribution in [2.75, 3.05) is 5.32 Å². The number of hydrogen-bond donors (Lipinski definition) is 3. The maximum atomic E-state index is 12.1. The molecule has 0 heterocycles. The molecule has 4 rings (SSSR count). The van der Waals surface area contributed by atoms with E-state index in [0.717, 1.165) is 17.2 Å². The van der Waals surface area contributed by atoms with E-state index in [1.165, 1.54) is 13.0 Å². The molecule has 4 aromatic rings. The number of nitrogens with one attached hydrogen (secondary N) is 1. The van der Waals surface area contributed by atoms with Gasteiger partial charge in [0.05, 0.1) is 22.7 Å². The molecular weight excluding hydrogens is 506 g/mol. The van der Waals surface area contributed by atoms with Crippen molar-refractivity contribution in [3.05, 3.63) is 77.4 Å². The molecule has 0 aliphatic rings. The molecule has 1 amide bonds. The zero-order valence-corrected chi connectivity index (χ0v) is 21.9. The minimum atomic E-state index is -4.78. The van der Waals surface area contributed by atoms with E-state index in [-0.39, 0.29) is 22.4 Å². The molecule has 0 radical (unpaired) electrons. The molecule has 3 N–H and O–H groups in total. The zero-order chi connectivity index (χ0) is 27.6. The summed E-state index contributed by atoms with van der Waals surface area (Å²) in [4.78, 5) is 11.0. The minimum Gasteiger partial charge on any atom is -0.505 e. The number of amides is 1. The van der Waals surface area contributed by atoms with Crippen LogP contribution in [-0.4, -0.2) is 24.0 Å². The largest absolute Gasteiger partial charge is 0.505 e. The highest BCUT2D eigenvalue weighted by Crippen LogP contribution is 2.44. The van der Waals surface area contributed by atoms with Gasteiger partial charge in [0.15, 0.2) is 5.75 Å². The Morgan fingerprint density at radius 2 is 1.45 bits per heavy atom. The average molecular weight is 532 g/mol. The Balaban J connectivity index is 1.78. The molecule has 4 aromatic carbocycles. The number of rotatable bonds is 6. The van der Waals surface area contributed by atoms with Crippen LogP contribution in [0.2, 0.25) is 0 Å². The summed E-state index contributed by atoms with van der Waals surface area (Å²) in [5, 5.41) is 30.8. The monoisotopic (exact) mass is 531 g/mol. The molecule has 0 atom stereocenters. The highest BCUT2D eigenvalue weighted by atomic mass is 32.2. The second kappa shape index (κ2) is 10.5. The van der Waals surface area contributed by atoms with Crippen LogP contribution in [0.4, 0.5) is 28.4 Å². The number of nitrogens with zero attached hydrogens (tertiary/aromatic N) is 4. The lowest BCUT2D eigenvalue weighted by molar-refractivity contribution is -0.114. The Morgan fingerprint density at radius 3 is 2.03 bits per heavy atom. The Hall–Kier alpha value is -4.48. The SMILES string of the molecule is CC(=O)Nc1cccc2cc(S(=O)(=O)O)c(/N=N/c3cc(C)c(/N=N/c4ccc(C)cc4)cc3C)c(O)c12. The molecule has 38 heavy (non-hydrogen) atoms. The maximum absolute atomic E-state index is 12.1. The van der Waals surface area contributed by atoms with E-state index >= 15 is 0 Å². The lowest BCUT2D eigenvalue weighted by Crippen LogP contribution is -2.06. The van der Waals surface area contributed by atoms with Crippen LogP contribution >= 0.6 is 0 Å². The predicted molar refractivity (Wildman–Crippen MR) is 145 cm³/mol. The summed E-state index contributed by atoms with van der Waals surface area (Å²) >= 11 is 0. The normalized spacial score (nSPS) is 12.0. The summed E-state index contributed by atoms with van der Waals surface area (Å²) < 4.78 is 34.1. The molecule has 0 spiro atoms. The molecule has 0 fully saturated rings. The van der Waals surface area contributed by atoms with Crippen molar-refractivity contribution in [2.45, 2.75) is 32.6 Å². The van der Waals surface area contributed by atoms with Crippen LogP contribution in [-0.2, 0) is 14.9 Å². The Morgan fingerprint density at radius 1 is 0.842 bits per heavy atom. The van der Waals surface area contributed by atoms with Crippen molar-refractivity contribution < 1.29 is 22.9 Å². The van der Waals surface area contributed by atoms with E-state index in [0.29, 0.717) is 22.6 Å². The molecule has 194 valence electrons. The van der Waals surface area contributed by atoms with Gasteiger partial charge in [-0.05, 0) is 73.7 Å². The van der Waals surface area contributed by atoms with Crippen LogP contribution in [0.5, 0.6) is 5.75 Å². The van der Waals surface area contributed by atoms with Gasteiger partial charge in [-0.25, -0.2) is 0 Å². The van der Waals surface area contributed by atoms with Gasteiger partial charge in [0.25, 0.3) is 10.1 Å². The fourth-order valence-electron chi connectivity index (χ4n) is 3.81. The van der Waals surface area contributed by atoms with E-state index in [9.17, 15) is 22.9 Å². The first-order valence-electron chi connectivity index (χ1n) is 11.5. The summed E-state index contributed by atoms with van der Waals surface area (Å²) in [6.45, 7) is 6.88. The Kier molecular flexibility index (Phi) is 7.33. The number of benzene rings is 4. The van der Waals surface area contributed by atoms with Crippen molar-refractivity contribution in [1.29, 1.82) is 0 Å². The number of phenols is 1. The standard InChI is InChI=1S/C27H25N5O5S/c1-15-8-10-20(11-9-15)29-30-22-12-17(3)23(13-16(22)2)31-32-26-24(38(35,36)37)14-19-6-5-7-21(28-18(4)33)25(19)27(26)34/h5-14,34H,1-4H3,(H,28,33)(H,35,36,37)/b30-29+,32-31+. The topological polar surface area (TPSA) is 153 Å². The van der Waals surface area contributed by atoms with Gasteiger partial charge in [-0.3, -0.25) is 9.35 Å². The van der Waals surface area contributed by atoms with Crippen LogP contribution in [0.15, 0.2) is 86.0 Å². The number of anilines is 1. The second-order valence-electron chi connectivity index (χ2n) is 8.79. The van der Waals surface area contributed by atoms with E-state index in [4.69, 9.17) is 0 Å². The summed E-state index contributed by atoms with van der Waals surface area (Å²) in [6.07, 6.45) is 0. The first-order chi connectivity index (χ1) is 17.9. The fraction of sp³-hybridized carbons (Fsp3) is 0.148. The van der Waals surface area contributed by atoms with E-state index in [2.05, 4.69) is 25.8 Å². The number of carbonyl (C=O) groups is 1. The zero-order valence-electron chi connectivity index (χ0n) is 21.1. The third kappa shape index (κ3) is 5.74. The number of hydrogen-bond acceptors (Lipinski definition) is 8. The average Bonchev–Trinajstić information content (AvgIpc) is 2.84. The van der Waals surface area contributed by atoms with Crippen molar-refractivity contribution in [2.24, 2.45) is 20.5 Å². The molecule has 10 nitrogen and oxygen atoms in total. The lowest BCUT2D eigenvalue weighted by atomic mass is 10.1. The summed E-state index contributed by atoms with van der Waals surface area (Å²) in [5.74, 6) is -0.939. The van der Waals surface area contributed by atoms with E-state index in [1.807, 2.05) is 38.1 Å². The third-order valence-corrected chi connectivity index (χ3v) is 6.61. The summed E-state index contributed by atoms with van der Waals surface area (Å²) in [7, 11) is -4.78. The smallest absolute Gasteiger partial charge is 0.296 e. The molecule has 11 heteroatoms. The number of azo groups is 2. The fourth-order valence-corrected chi connectivity index (χ4v) is 4.47. The van der Waals surface area contributed by atoms with Crippen LogP contribution in [0.3, 0.4) is 0 Å². The van der Waals surface area contributed by atoms with Gasteiger partial charge in [0, 0.05) is 12.3 Å². The molecule has 0 aliphatic carbocycles. The van der Waals surface area contributed by atoms with Gasteiger partial charge in [0.2, 0.25) is 5.91 Å². The number of aryl methyl sites for hydroxylation is 3. The van der Waals surface area contributed by atoms with Crippen LogP contribution in [0.1, 0.15) is 23.6 Å². The molecule has 0 unspecified atom stereocenters. The van der Waals surface area contributed by atoms with Crippen LogP contribution < -0.4 is 5.32 Å². The summed E-state index contributed by atoms with van der Waals surface area (Å²) in [6, 6.07) is 16.9. The Bertz CT molecular complexity index is 1730. The van der Waals surface area contributed by atoms with Crippen LogP contribution in [0, 0.1) is 20.8 Å². The number of phenolic OH excluding ortho intramolecular Hbond substituents is 1. The van der Waals surface area contributed by atoms with Gasteiger partial charge >= 0.3 is 0 Å². The molecule has 0 bridgehead atoms. The van der Waals surface area contributed by atoms with Crippen LogP contribution in [0.25, 0.3) is 10.8 Å². The Labute approximate surface area is 219 Å². The maximum Gasteiger partial charge on any atom is 0.296 e. The molecular formula is C27H25N5O5S. The molecule has 0 saturated heterocycles.